The van der Waals surface area contributed by atoms with E-state index >= 15 is 0 Å². The van der Waals surface area contributed by atoms with Crippen molar-refractivity contribution in [1.82, 2.24) is 5.32 Å². The molecule has 3 aromatic rings. The minimum absolute atomic E-state index is 0.295. The lowest BCUT2D eigenvalue weighted by molar-refractivity contribution is 0.0951. The zero-order valence-electron chi connectivity index (χ0n) is 15.2. The van der Waals surface area contributed by atoms with E-state index in [1.807, 2.05) is 24.3 Å². The zero-order chi connectivity index (χ0) is 19.9. The average molecular weight is 378 g/mol. The van der Waals surface area contributed by atoms with Gasteiger partial charge in [-0.1, -0.05) is 24.3 Å². The maximum absolute atomic E-state index is 13.2. The SMILES string of the molecule is COc1ccc(CNC(=O)c2cccc(C(=O)Nc3cccc(F)c3)c2)cc1. The van der Waals surface area contributed by atoms with E-state index < -0.39 is 11.7 Å². The fraction of sp³-hybridized carbons (Fsp3) is 0.0909. The second-order valence-corrected chi connectivity index (χ2v) is 6.08. The molecule has 2 amide bonds. The number of hydrogen-bond donors (Lipinski definition) is 2. The summed E-state index contributed by atoms with van der Waals surface area (Å²) in [5.41, 5.74) is 1.94. The molecule has 142 valence electrons. The first-order chi connectivity index (χ1) is 13.5. The van der Waals surface area contributed by atoms with Crippen LogP contribution in [0.15, 0.2) is 72.8 Å². The molecule has 28 heavy (non-hydrogen) atoms. The van der Waals surface area contributed by atoms with Crippen LogP contribution in [-0.2, 0) is 6.54 Å². The molecule has 0 radical (unpaired) electrons. The predicted molar refractivity (Wildman–Crippen MR) is 105 cm³/mol. The Labute approximate surface area is 162 Å². The van der Waals surface area contributed by atoms with Crippen LogP contribution in [0.25, 0.3) is 0 Å². The van der Waals surface area contributed by atoms with E-state index in [9.17, 15) is 14.0 Å². The largest absolute Gasteiger partial charge is 0.497 e. The molecule has 0 unspecified atom stereocenters. The van der Waals surface area contributed by atoms with Crippen LogP contribution in [0.1, 0.15) is 26.3 Å². The van der Waals surface area contributed by atoms with Crippen molar-refractivity contribution in [1.29, 1.82) is 0 Å². The second-order valence-electron chi connectivity index (χ2n) is 6.08. The number of hydrogen-bond acceptors (Lipinski definition) is 3. The first-order valence-corrected chi connectivity index (χ1v) is 8.63. The molecule has 5 nitrogen and oxygen atoms in total. The number of carbonyl (C=O) groups is 2. The third-order valence-corrected chi connectivity index (χ3v) is 4.08. The van der Waals surface area contributed by atoms with Crippen LogP contribution < -0.4 is 15.4 Å². The summed E-state index contributed by atoms with van der Waals surface area (Å²) in [4.78, 5) is 24.8. The number of amides is 2. The van der Waals surface area contributed by atoms with Gasteiger partial charge in [-0.15, -0.1) is 0 Å². The van der Waals surface area contributed by atoms with E-state index in [0.717, 1.165) is 11.3 Å². The van der Waals surface area contributed by atoms with Crippen LogP contribution in [-0.4, -0.2) is 18.9 Å². The Hall–Kier alpha value is -3.67. The molecule has 0 atom stereocenters. The average Bonchev–Trinajstić information content (AvgIpc) is 2.72. The van der Waals surface area contributed by atoms with Gasteiger partial charge in [0.15, 0.2) is 0 Å². The molecular formula is C22H19FN2O3. The van der Waals surface area contributed by atoms with Gasteiger partial charge in [0.2, 0.25) is 0 Å². The van der Waals surface area contributed by atoms with Crippen LogP contribution >= 0.6 is 0 Å². The first kappa shape index (κ1) is 19.1. The summed E-state index contributed by atoms with van der Waals surface area (Å²) in [6.07, 6.45) is 0. The fourth-order valence-corrected chi connectivity index (χ4v) is 2.60. The molecule has 0 heterocycles. The number of halogens is 1. The molecule has 6 heteroatoms. The van der Waals surface area contributed by atoms with Crippen molar-refractivity contribution in [2.45, 2.75) is 6.54 Å². The van der Waals surface area contributed by atoms with E-state index in [1.54, 1.807) is 31.4 Å². The molecule has 2 N–H and O–H groups in total. The Balaban J connectivity index is 1.64. The van der Waals surface area contributed by atoms with Crippen molar-refractivity contribution in [2.75, 3.05) is 12.4 Å². The molecule has 3 aromatic carbocycles. The van der Waals surface area contributed by atoms with Crippen molar-refractivity contribution in [3.8, 4) is 5.75 Å². The lowest BCUT2D eigenvalue weighted by Gasteiger charge is -2.09. The van der Waals surface area contributed by atoms with Gasteiger partial charge in [0.05, 0.1) is 7.11 Å². The van der Waals surface area contributed by atoms with Crippen molar-refractivity contribution in [3.63, 3.8) is 0 Å². The molecule has 0 aliphatic heterocycles. The Bertz CT molecular complexity index is 987. The van der Waals surface area contributed by atoms with Crippen molar-refractivity contribution in [3.05, 3.63) is 95.3 Å². The van der Waals surface area contributed by atoms with E-state index in [2.05, 4.69) is 10.6 Å². The molecule has 0 bridgehead atoms. The number of nitrogens with one attached hydrogen (secondary N) is 2. The summed E-state index contributed by atoms with van der Waals surface area (Å²) in [6.45, 7) is 0.350. The van der Waals surface area contributed by atoms with Gasteiger partial charge in [0.25, 0.3) is 11.8 Å². The summed E-state index contributed by atoms with van der Waals surface area (Å²) in [6, 6.07) is 19.3. The van der Waals surface area contributed by atoms with E-state index in [0.29, 0.717) is 23.4 Å². The monoisotopic (exact) mass is 378 g/mol. The Morgan fingerprint density at radius 1 is 0.893 bits per heavy atom. The summed E-state index contributed by atoms with van der Waals surface area (Å²) in [7, 11) is 1.59. The molecular weight excluding hydrogens is 359 g/mol. The fourth-order valence-electron chi connectivity index (χ4n) is 2.60. The maximum Gasteiger partial charge on any atom is 0.255 e. The molecule has 0 aliphatic rings. The topological polar surface area (TPSA) is 67.4 Å². The van der Waals surface area contributed by atoms with Crippen LogP contribution in [0.3, 0.4) is 0 Å². The second kappa shape index (κ2) is 8.81. The van der Waals surface area contributed by atoms with Crippen molar-refractivity contribution < 1.29 is 18.7 Å². The predicted octanol–water partition coefficient (Wildman–Crippen LogP) is 4.02. The van der Waals surface area contributed by atoms with Crippen LogP contribution in [0.2, 0.25) is 0 Å². The Kier molecular flexibility index (Phi) is 6.01. The number of methoxy groups -OCH3 is 1. The van der Waals surface area contributed by atoms with Gasteiger partial charge in [-0.2, -0.15) is 0 Å². The highest BCUT2D eigenvalue weighted by Crippen LogP contribution is 2.13. The molecule has 0 spiro atoms. The molecule has 3 rings (SSSR count). The number of carbonyl (C=O) groups excluding carboxylic acids is 2. The van der Waals surface area contributed by atoms with Gasteiger partial charge in [-0.25, -0.2) is 4.39 Å². The van der Waals surface area contributed by atoms with Crippen molar-refractivity contribution in [2.24, 2.45) is 0 Å². The number of benzene rings is 3. The third kappa shape index (κ3) is 4.94. The van der Waals surface area contributed by atoms with Gasteiger partial charge in [0.1, 0.15) is 11.6 Å². The maximum atomic E-state index is 13.2. The highest BCUT2D eigenvalue weighted by molar-refractivity contribution is 6.06. The van der Waals surface area contributed by atoms with Gasteiger partial charge in [-0.05, 0) is 54.1 Å². The number of ether oxygens (including phenoxy) is 1. The van der Waals surface area contributed by atoms with E-state index in [1.165, 1.54) is 24.3 Å². The zero-order valence-corrected chi connectivity index (χ0v) is 15.2. The van der Waals surface area contributed by atoms with Crippen molar-refractivity contribution >= 4 is 17.5 Å². The normalized spacial score (nSPS) is 10.2. The minimum Gasteiger partial charge on any atom is -0.497 e. The summed E-state index contributed by atoms with van der Waals surface area (Å²) in [5.74, 6) is -0.414. The smallest absolute Gasteiger partial charge is 0.255 e. The van der Waals surface area contributed by atoms with E-state index in [-0.39, 0.29) is 5.91 Å². The van der Waals surface area contributed by atoms with Crippen LogP contribution in [0.5, 0.6) is 5.75 Å². The lowest BCUT2D eigenvalue weighted by atomic mass is 10.1. The Morgan fingerprint density at radius 2 is 1.57 bits per heavy atom. The molecule has 0 fully saturated rings. The highest BCUT2D eigenvalue weighted by Gasteiger charge is 2.11. The highest BCUT2D eigenvalue weighted by atomic mass is 19.1. The van der Waals surface area contributed by atoms with Gasteiger partial charge in [-0.3, -0.25) is 9.59 Å². The molecule has 0 saturated heterocycles. The first-order valence-electron chi connectivity index (χ1n) is 8.63. The van der Waals surface area contributed by atoms with Gasteiger partial charge >= 0.3 is 0 Å². The summed E-state index contributed by atoms with van der Waals surface area (Å²) < 4.78 is 18.3. The van der Waals surface area contributed by atoms with Crippen LogP contribution in [0.4, 0.5) is 10.1 Å². The molecule has 0 aliphatic carbocycles. The van der Waals surface area contributed by atoms with E-state index in [4.69, 9.17) is 4.74 Å². The van der Waals surface area contributed by atoms with Gasteiger partial charge in [0, 0.05) is 23.4 Å². The third-order valence-electron chi connectivity index (χ3n) is 4.08. The summed E-state index contributed by atoms with van der Waals surface area (Å²) in [5, 5.41) is 5.43. The lowest BCUT2D eigenvalue weighted by Crippen LogP contribution is -2.23. The molecule has 0 aromatic heterocycles. The number of rotatable bonds is 6. The van der Waals surface area contributed by atoms with Gasteiger partial charge < -0.3 is 15.4 Å². The van der Waals surface area contributed by atoms with Crippen LogP contribution in [0, 0.1) is 5.82 Å². The standard InChI is InChI=1S/C22H19FN2O3/c1-28-20-10-8-15(9-11-20)14-24-21(26)16-4-2-5-17(12-16)22(27)25-19-7-3-6-18(23)13-19/h2-13H,14H2,1H3,(H,24,26)(H,25,27). The Morgan fingerprint density at radius 3 is 2.25 bits per heavy atom. The number of anilines is 1. The quantitative estimate of drug-likeness (QED) is 0.681. The minimum atomic E-state index is -0.440. The summed E-state index contributed by atoms with van der Waals surface area (Å²) >= 11 is 0. The molecule has 0 saturated carbocycles.